The minimum atomic E-state index is 0.00964. The van der Waals surface area contributed by atoms with Gasteiger partial charge in [0.1, 0.15) is 5.75 Å². The number of ether oxygens (including phenoxy) is 1. The maximum atomic E-state index is 12.2. The molecule has 0 bridgehead atoms. The van der Waals surface area contributed by atoms with Gasteiger partial charge in [0.25, 0.3) is 0 Å². The van der Waals surface area contributed by atoms with Crippen LogP contribution in [-0.2, 0) is 11.3 Å². The van der Waals surface area contributed by atoms with Crippen LogP contribution in [0.3, 0.4) is 0 Å². The summed E-state index contributed by atoms with van der Waals surface area (Å²) in [6.07, 6.45) is 4.38. The van der Waals surface area contributed by atoms with Crippen molar-refractivity contribution in [2.24, 2.45) is 5.92 Å². The molecule has 2 unspecified atom stereocenters. The first kappa shape index (κ1) is 18.5. The van der Waals surface area contributed by atoms with E-state index < -0.39 is 0 Å². The Hall–Kier alpha value is -1.30. The fourth-order valence-electron chi connectivity index (χ4n) is 3.85. The third-order valence-corrected chi connectivity index (χ3v) is 5.42. The Morgan fingerprint density at radius 1 is 1.40 bits per heavy atom. The van der Waals surface area contributed by atoms with Gasteiger partial charge in [-0.1, -0.05) is 11.6 Å². The maximum Gasteiger partial charge on any atom is 0.237 e. The van der Waals surface area contributed by atoms with Crippen LogP contribution in [0.4, 0.5) is 0 Å². The van der Waals surface area contributed by atoms with Crippen LogP contribution in [0.1, 0.15) is 31.2 Å². The molecule has 5 nitrogen and oxygen atoms in total. The van der Waals surface area contributed by atoms with Gasteiger partial charge in [-0.05, 0) is 62.9 Å². The molecule has 1 amide bonds. The SMILES string of the molecule is COc1ccc(Cl)cc1CN1CCCC(CNC(=O)C2CCCN2)C1. The smallest absolute Gasteiger partial charge is 0.237 e. The zero-order valence-electron chi connectivity index (χ0n) is 14.9. The van der Waals surface area contributed by atoms with Gasteiger partial charge in [-0.3, -0.25) is 9.69 Å². The average Bonchev–Trinajstić information content (AvgIpc) is 3.15. The normalized spacial score (nSPS) is 24.2. The summed E-state index contributed by atoms with van der Waals surface area (Å²) in [5.41, 5.74) is 1.12. The average molecular weight is 366 g/mol. The molecule has 2 aliphatic rings. The predicted molar refractivity (Wildman–Crippen MR) is 100 cm³/mol. The minimum absolute atomic E-state index is 0.00964. The summed E-state index contributed by atoms with van der Waals surface area (Å²) >= 11 is 6.14. The molecule has 0 aliphatic carbocycles. The van der Waals surface area contributed by atoms with Crippen molar-refractivity contribution in [1.82, 2.24) is 15.5 Å². The molecule has 2 fully saturated rings. The number of hydrogen-bond donors (Lipinski definition) is 2. The molecule has 1 aromatic rings. The molecule has 25 heavy (non-hydrogen) atoms. The van der Waals surface area contributed by atoms with Crippen molar-refractivity contribution in [3.05, 3.63) is 28.8 Å². The van der Waals surface area contributed by atoms with E-state index in [0.29, 0.717) is 5.92 Å². The number of methoxy groups -OCH3 is 1. The van der Waals surface area contributed by atoms with Crippen LogP contribution in [0.5, 0.6) is 5.75 Å². The first-order valence-electron chi connectivity index (χ1n) is 9.21. The summed E-state index contributed by atoms with van der Waals surface area (Å²) in [7, 11) is 1.69. The number of piperidine rings is 1. The van der Waals surface area contributed by atoms with E-state index >= 15 is 0 Å². The van der Waals surface area contributed by atoms with Gasteiger partial charge < -0.3 is 15.4 Å². The van der Waals surface area contributed by atoms with E-state index in [1.165, 1.54) is 6.42 Å². The number of benzene rings is 1. The molecule has 2 N–H and O–H groups in total. The Kier molecular flexibility index (Phi) is 6.57. The van der Waals surface area contributed by atoms with Crippen LogP contribution >= 0.6 is 11.6 Å². The van der Waals surface area contributed by atoms with Gasteiger partial charge in [-0.2, -0.15) is 0 Å². The lowest BCUT2D eigenvalue weighted by molar-refractivity contribution is -0.123. The van der Waals surface area contributed by atoms with E-state index in [1.54, 1.807) is 7.11 Å². The highest BCUT2D eigenvalue weighted by Crippen LogP contribution is 2.26. The summed E-state index contributed by atoms with van der Waals surface area (Å²) in [6.45, 7) is 4.62. The molecule has 2 saturated heterocycles. The molecule has 0 spiro atoms. The van der Waals surface area contributed by atoms with Crippen molar-refractivity contribution in [3.8, 4) is 5.75 Å². The lowest BCUT2D eigenvalue weighted by Crippen LogP contribution is -2.45. The lowest BCUT2D eigenvalue weighted by atomic mass is 9.97. The van der Waals surface area contributed by atoms with Gasteiger partial charge in [-0.15, -0.1) is 0 Å². The summed E-state index contributed by atoms with van der Waals surface area (Å²) in [6, 6.07) is 5.77. The van der Waals surface area contributed by atoms with Crippen molar-refractivity contribution in [3.63, 3.8) is 0 Å². The number of halogens is 1. The molecule has 2 heterocycles. The minimum Gasteiger partial charge on any atom is -0.496 e. The van der Waals surface area contributed by atoms with Crippen LogP contribution in [0.2, 0.25) is 5.02 Å². The Bertz CT molecular complexity index is 590. The van der Waals surface area contributed by atoms with Gasteiger partial charge in [0, 0.05) is 30.2 Å². The van der Waals surface area contributed by atoms with E-state index in [0.717, 1.165) is 68.3 Å². The van der Waals surface area contributed by atoms with Crippen molar-refractivity contribution in [2.45, 2.75) is 38.3 Å². The fourth-order valence-corrected chi connectivity index (χ4v) is 4.04. The number of carbonyl (C=O) groups excluding carboxylic acids is 1. The van der Waals surface area contributed by atoms with Crippen molar-refractivity contribution in [2.75, 3.05) is 33.3 Å². The first-order chi connectivity index (χ1) is 12.2. The number of nitrogens with one attached hydrogen (secondary N) is 2. The van der Waals surface area contributed by atoms with E-state index in [1.807, 2.05) is 18.2 Å². The second-order valence-corrected chi connectivity index (χ2v) is 7.53. The second kappa shape index (κ2) is 8.88. The topological polar surface area (TPSA) is 53.6 Å². The van der Waals surface area contributed by atoms with Crippen LogP contribution in [0.15, 0.2) is 18.2 Å². The van der Waals surface area contributed by atoms with Gasteiger partial charge in [-0.25, -0.2) is 0 Å². The Morgan fingerprint density at radius 2 is 2.28 bits per heavy atom. The number of rotatable bonds is 6. The molecular formula is C19H28ClN3O2. The standard InChI is InChI=1S/C19H28ClN3O2/c1-25-18-7-6-16(20)10-15(18)13-23-9-3-4-14(12-23)11-22-19(24)17-5-2-8-21-17/h6-7,10,14,17,21H,2-5,8-9,11-13H2,1H3,(H,22,24). The highest BCUT2D eigenvalue weighted by atomic mass is 35.5. The van der Waals surface area contributed by atoms with Crippen molar-refractivity contribution in [1.29, 1.82) is 0 Å². The lowest BCUT2D eigenvalue weighted by Gasteiger charge is -2.33. The zero-order valence-corrected chi connectivity index (χ0v) is 15.6. The molecule has 3 rings (SSSR count). The van der Waals surface area contributed by atoms with Crippen LogP contribution < -0.4 is 15.4 Å². The Balaban J connectivity index is 1.51. The quantitative estimate of drug-likeness (QED) is 0.813. The molecule has 6 heteroatoms. The summed E-state index contributed by atoms with van der Waals surface area (Å²) in [5, 5.41) is 7.13. The van der Waals surface area contributed by atoms with Crippen LogP contribution in [0.25, 0.3) is 0 Å². The first-order valence-corrected chi connectivity index (χ1v) is 9.59. The monoisotopic (exact) mass is 365 g/mol. The van der Waals surface area contributed by atoms with Crippen molar-refractivity contribution >= 4 is 17.5 Å². The van der Waals surface area contributed by atoms with Crippen LogP contribution in [-0.4, -0.2) is 50.1 Å². The van der Waals surface area contributed by atoms with E-state index in [9.17, 15) is 4.79 Å². The molecule has 0 radical (unpaired) electrons. The molecular weight excluding hydrogens is 338 g/mol. The number of amides is 1. The third kappa shape index (κ3) is 5.09. The van der Waals surface area contributed by atoms with Crippen LogP contribution in [0, 0.1) is 5.92 Å². The third-order valence-electron chi connectivity index (χ3n) is 5.18. The molecule has 2 atom stereocenters. The summed E-state index contributed by atoms with van der Waals surface area (Å²) < 4.78 is 5.46. The van der Waals surface area contributed by atoms with E-state index in [-0.39, 0.29) is 11.9 Å². The highest BCUT2D eigenvalue weighted by Gasteiger charge is 2.25. The van der Waals surface area contributed by atoms with Gasteiger partial charge in [0.05, 0.1) is 13.2 Å². The number of carbonyl (C=O) groups is 1. The van der Waals surface area contributed by atoms with Gasteiger partial charge in [0.15, 0.2) is 0 Å². The van der Waals surface area contributed by atoms with Gasteiger partial charge in [0.2, 0.25) is 5.91 Å². The number of likely N-dealkylation sites (tertiary alicyclic amines) is 1. The second-order valence-electron chi connectivity index (χ2n) is 7.09. The van der Waals surface area contributed by atoms with E-state index in [2.05, 4.69) is 15.5 Å². The van der Waals surface area contributed by atoms with Crippen molar-refractivity contribution < 1.29 is 9.53 Å². The number of hydrogen-bond acceptors (Lipinski definition) is 4. The maximum absolute atomic E-state index is 12.2. The Labute approximate surface area is 155 Å². The molecule has 138 valence electrons. The largest absolute Gasteiger partial charge is 0.496 e. The predicted octanol–water partition coefficient (Wildman–Crippen LogP) is 2.43. The fraction of sp³-hybridized carbons (Fsp3) is 0.632. The summed E-state index contributed by atoms with van der Waals surface area (Å²) in [5.74, 6) is 1.54. The molecule has 1 aromatic carbocycles. The zero-order chi connectivity index (χ0) is 17.6. The summed E-state index contributed by atoms with van der Waals surface area (Å²) in [4.78, 5) is 14.6. The Morgan fingerprint density at radius 3 is 3.04 bits per heavy atom. The van der Waals surface area contributed by atoms with Gasteiger partial charge >= 0.3 is 0 Å². The van der Waals surface area contributed by atoms with E-state index in [4.69, 9.17) is 16.3 Å². The number of nitrogens with zero attached hydrogens (tertiary/aromatic N) is 1. The molecule has 0 aromatic heterocycles. The molecule has 0 saturated carbocycles. The highest BCUT2D eigenvalue weighted by molar-refractivity contribution is 6.30. The molecule has 2 aliphatic heterocycles.